The number of benzene rings is 3. The number of hydrogen-bond acceptors (Lipinski definition) is 7. The molecule has 1 amide bonds. The van der Waals surface area contributed by atoms with Crippen molar-refractivity contribution in [3.05, 3.63) is 77.3 Å². The Balaban J connectivity index is 2.24. The Bertz CT molecular complexity index is 1460. The van der Waals surface area contributed by atoms with Crippen LogP contribution in [-0.2, 0) is 29.4 Å². The molecule has 0 aliphatic heterocycles. The van der Waals surface area contributed by atoms with Gasteiger partial charge < -0.3 is 4.74 Å². The van der Waals surface area contributed by atoms with Crippen LogP contribution in [0.25, 0.3) is 0 Å². The molecule has 0 aliphatic rings. The Kier molecular flexibility index (Phi) is 7.15. The first kappa shape index (κ1) is 25.4. The second kappa shape index (κ2) is 9.57. The number of esters is 1. The van der Waals surface area contributed by atoms with Crippen LogP contribution in [0.4, 0.5) is 5.69 Å². The number of carbonyl (C=O) groups excluding carboxylic acids is 2. The van der Waals surface area contributed by atoms with Gasteiger partial charge >= 0.3 is 5.97 Å². The van der Waals surface area contributed by atoms with E-state index in [0.717, 1.165) is 31.5 Å². The van der Waals surface area contributed by atoms with E-state index in [4.69, 9.17) is 16.3 Å². The number of sulfone groups is 1. The predicted octanol–water partition coefficient (Wildman–Crippen LogP) is 4.15. The van der Waals surface area contributed by atoms with Crippen molar-refractivity contribution < 1.29 is 31.2 Å². The molecule has 0 spiro atoms. The average molecular weight is 522 g/mol. The second-order valence-corrected chi connectivity index (χ2v) is 11.4. The number of halogens is 1. The van der Waals surface area contributed by atoms with Gasteiger partial charge in [-0.3, -0.25) is 9.59 Å². The maximum atomic E-state index is 13.4. The van der Waals surface area contributed by atoms with Gasteiger partial charge in [0.25, 0.3) is 10.0 Å². The summed E-state index contributed by atoms with van der Waals surface area (Å²) in [5.41, 5.74) is 0.578. The van der Waals surface area contributed by atoms with Gasteiger partial charge in [0.15, 0.2) is 0 Å². The molecular weight excluding hydrogens is 502 g/mol. The van der Waals surface area contributed by atoms with Gasteiger partial charge in [0.05, 0.1) is 15.5 Å². The Morgan fingerprint density at radius 1 is 0.824 bits per heavy atom. The van der Waals surface area contributed by atoms with Crippen molar-refractivity contribution >= 4 is 49.0 Å². The topological polar surface area (TPSA) is 115 Å². The molecule has 3 aromatic carbocycles. The van der Waals surface area contributed by atoms with E-state index in [1.165, 1.54) is 42.5 Å². The van der Waals surface area contributed by atoms with Crippen molar-refractivity contribution in [2.75, 3.05) is 4.31 Å². The number of anilines is 1. The lowest BCUT2D eigenvalue weighted by molar-refractivity contribution is -0.132. The monoisotopic (exact) mass is 521 g/mol. The van der Waals surface area contributed by atoms with Crippen LogP contribution in [0.3, 0.4) is 0 Å². The molecule has 0 saturated carbocycles. The smallest absolute Gasteiger partial charge is 0.308 e. The summed E-state index contributed by atoms with van der Waals surface area (Å²) in [5.74, 6) is -1.96. The third-order valence-corrected chi connectivity index (χ3v) is 8.53. The molecule has 0 fully saturated rings. The molecule has 11 heteroatoms. The van der Waals surface area contributed by atoms with E-state index in [1.807, 2.05) is 0 Å². The van der Waals surface area contributed by atoms with Crippen molar-refractivity contribution in [2.24, 2.45) is 0 Å². The van der Waals surface area contributed by atoms with E-state index in [1.54, 1.807) is 19.1 Å². The number of rotatable bonds is 6. The Morgan fingerprint density at radius 2 is 1.38 bits per heavy atom. The van der Waals surface area contributed by atoms with Crippen LogP contribution in [0, 0.1) is 6.92 Å². The highest BCUT2D eigenvalue weighted by Gasteiger charge is 2.32. The molecule has 0 saturated heterocycles. The summed E-state index contributed by atoms with van der Waals surface area (Å²) >= 11 is 5.84. The molecule has 3 rings (SSSR count). The number of sulfonamides is 1. The summed E-state index contributed by atoms with van der Waals surface area (Å²) in [4.78, 5) is 23.2. The van der Waals surface area contributed by atoms with Crippen molar-refractivity contribution in [3.63, 3.8) is 0 Å². The zero-order valence-corrected chi connectivity index (χ0v) is 20.7. The number of carbonyl (C=O) groups is 2. The van der Waals surface area contributed by atoms with Gasteiger partial charge in [-0.05, 0) is 61.5 Å². The van der Waals surface area contributed by atoms with Crippen LogP contribution in [0.1, 0.15) is 19.4 Å². The highest BCUT2D eigenvalue weighted by atomic mass is 35.5. The molecule has 34 heavy (non-hydrogen) atoms. The first-order valence-electron chi connectivity index (χ1n) is 9.80. The fourth-order valence-corrected chi connectivity index (χ4v) is 6.06. The molecule has 0 radical (unpaired) electrons. The number of hydrogen-bond donors (Lipinski definition) is 0. The molecule has 0 bridgehead atoms. The van der Waals surface area contributed by atoms with Gasteiger partial charge in [-0.15, -0.1) is 0 Å². The van der Waals surface area contributed by atoms with Crippen LogP contribution >= 0.6 is 11.6 Å². The molecule has 8 nitrogen and oxygen atoms in total. The van der Waals surface area contributed by atoms with Crippen LogP contribution in [-0.4, -0.2) is 28.7 Å². The first-order valence-corrected chi connectivity index (χ1v) is 13.1. The highest BCUT2D eigenvalue weighted by molar-refractivity contribution is 7.93. The quantitative estimate of drug-likeness (QED) is 0.353. The number of nitrogens with zero attached hydrogens (tertiary/aromatic N) is 1. The Hall–Kier alpha value is -3.21. The van der Waals surface area contributed by atoms with E-state index in [0.29, 0.717) is 9.33 Å². The zero-order valence-electron chi connectivity index (χ0n) is 18.4. The normalized spacial score (nSPS) is 11.6. The van der Waals surface area contributed by atoms with Gasteiger partial charge in [0, 0.05) is 18.9 Å². The molecule has 0 unspecified atom stereocenters. The summed E-state index contributed by atoms with van der Waals surface area (Å²) in [6, 6.07) is 14.4. The minimum Gasteiger partial charge on any atom is -0.425 e. The Morgan fingerprint density at radius 3 is 1.91 bits per heavy atom. The van der Waals surface area contributed by atoms with Crippen molar-refractivity contribution in [1.29, 1.82) is 0 Å². The minimum absolute atomic E-state index is 0.0985. The molecule has 0 N–H and O–H groups in total. The van der Waals surface area contributed by atoms with Crippen molar-refractivity contribution in [1.82, 2.24) is 0 Å². The molecule has 3 aromatic rings. The van der Waals surface area contributed by atoms with E-state index in [2.05, 4.69) is 0 Å². The van der Waals surface area contributed by atoms with Crippen molar-refractivity contribution in [2.45, 2.75) is 35.5 Å². The largest absolute Gasteiger partial charge is 0.425 e. The maximum Gasteiger partial charge on any atom is 0.308 e. The maximum absolute atomic E-state index is 13.4. The highest BCUT2D eigenvalue weighted by Crippen LogP contribution is 2.35. The minimum atomic E-state index is -4.42. The lowest BCUT2D eigenvalue weighted by Crippen LogP contribution is -2.35. The van der Waals surface area contributed by atoms with Crippen LogP contribution in [0.2, 0.25) is 5.02 Å². The van der Waals surface area contributed by atoms with Gasteiger partial charge in [0.1, 0.15) is 10.6 Å². The van der Waals surface area contributed by atoms with Crippen LogP contribution in [0.5, 0.6) is 5.75 Å². The number of amides is 1. The SMILES string of the molecule is CC(=O)Oc1ccc(N(C(C)=O)S(=O)(=O)c2ccc(Cl)cc2)cc1S(=O)(=O)c1ccc(C)cc1. The third kappa shape index (κ3) is 5.14. The predicted molar refractivity (Wildman–Crippen MR) is 126 cm³/mol. The van der Waals surface area contributed by atoms with E-state index >= 15 is 0 Å². The van der Waals surface area contributed by atoms with Gasteiger partial charge in [0.2, 0.25) is 15.7 Å². The lowest BCUT2D eigenvalue weighted by Gasteiger charge is -2.22. The van der Waals surface area contributed by atoms with E-state index in [9.17, 15) is 26.4 Å². The Labute approximate surface area is 202 Å². The standard InChI is InChI=1S/C23H20ClNO7S2/c1-15-4-9-20(10-5-15)33(28,29)23-14-19(8-13-22(23)32-17(3)27)25(16(2)26)34(30,31)21-11-6-18(24)7-12-21/h4-14H,1-3H3. The van der Waals surface area contributed by atoms with Gasteiger partial charge in [-0.1, -0.05) is 29.3 Å². The summed E-state index contributed by atoms with van der Waals surface area (Å²) in [6.07, 6.45) is 0. The molecule has 0 heterocycles. The van der Waals surface area contributed by atoms with Gasteiger partial charge in [-0.2, -0.15) is 0 Å². The molecule has 0 atom stereocenters. The fraction of sp³-hybridized carbons (Fsp3) is 0.130. The summed E-state index contributed by atoms with van der Waals surface area (Å²) in [7, 11) is -8.67. The first-order chi connectivity index (χ1) is 15.8. The number of ether oxygens (including phenoxy) is 1. The molecule has 0 aliphatic carbocycles. The summed E-state index contributed by atoms with van der Waals surface area (Å²) < 4.78 is 58.8. The van der Waals surface area contributed by atoms with Crippen LogP contribution < -0.4 is 9.04 Å². The third-order valence-electron chi connectivity index (χ3n) is 4.67. The number of aryl methyl sites for hydroxylation is 1. The fourth-order valence-electron chi connectivity index (χ4n) is 3.12. The summed E-state index contributed by atoms with van der Waals surface area (Å²) in [5, 5.41) is 0.297. The summed E-state index contributed by atoms with van der Waals surface area (Å²) in [6.45, 7) is 3.91. The van der Waals surface area contributed by atoms with E-state index in [-0.39, 0.29) is 21.2 Å². The zero-order chi connectivity index (χ0) is 25.3. The van der Waals surface area contributed by atoms with E-state index < -0.39 is 36.6 Å². The van der Waals surface area contributed by atoms with Crippen LogP contribution in [0.15, 0.2) is 81.4 Å². The van der Waals surface area contributed by atoms with Gasteiger partial charge in [-0.25, -0.2) is 21.1 Å². The lowest BCUT2D eigenvalue weighted by atomic mass is 10.2. The molecular formula is C23H20ClNO7S2. The molecule has 178 valence electrons. The molecule has 0 aromatic heterocycles. The van der Waals surface area contributed by atoms with Crippen molar-refractivity contribution in [3.8, 4) is 5.75 Å². The second-order valence-electron chi connectivity index (χ2n) is 7.28. The average Bonchev–Trinajstić information content (AvgIpc) is 2.74.